The fraction of sp³-hybridized carbons (Fsp3) is 0.571. The Morgan fingerprint density at radius 2 is 2.06 bits per heavy atom. The third-order valence-corrected chi connectivity index (χ3v) is 3.52. The van der Waals surface area contributed by atoms with Crippen molar-refractivity contribution < 1.29 is 13.5 Å². The first-order valence-corrected chi connectivity index (χ1v) is 6.29. The van der Waals surface area contributed by atoms with Crippen LogP contribution in [0.5, 0.6) is 0 Å². The molecule has 0 saturated carbocycles. The molecule has 4 heteroatoms. The molecule has 1 aliphatic heterocycles. The Balaban J connectivity index is 1.95. The highest BCUT2D eigenvalue weighted by atomic mass is 19.3. The van der Waals surface area contributed by atoms with Crippen molar-refractivity contribution in [3.8, 4) is 0 Å². The van der Waals surface area contributed by atoms with Crippen molar-refractivity contribution in [1.29, 1.82) is 0 Å². The Morgan fingerprint density at radius 1 is 1.33 bits per heavy atom. The lowest BCUT2D eigenvalue weighted by Gasteiger charge is -2.34. The molecule has 2 nitrogen and oxygen atoms in total. The zero-order valence-corrected chi connectivity index (χ0v) is 10.6. The second-order valence-electron chi connectivity index (χ2n) is 5.07. The minimum atomic E-state index is -2.40. The van der Waals surface area contributed by atoms with Crippen molar-refractivity contribution in [2.45, 2.75) is 38.3 Å². The molecule has 100 valence electrons. The van der Waals surface area contributed by atoms with Crippen LogP contribution in [0.3, 0.4) is 0 Å². The van der Waals surface area contributed by atoms with Gasteiger partial charge in [0.25, 0.3) is 6.43 Å². The van der Waals surface area contributed by atoms with Gasteiger partial charge in [0.05, 0.1) is 0 Å². The number of nitrogens with one attached hydrogen (secondary N) is 1. The van der Waals surface area contributed by atoms with Gasteiger partial charge in [-0.3, -0.25) is 0 Å². The molecule has 18 heavy (non-hydrogen) atoms. The third kappa shape index (κ3) is 3.50. The predicted octanol–water partition coefficient (Wildman–Crippen LogP) is 3.28. The van der Waals surface area contributed by atoms with Crippen molar-refractivity contribution in [1.82, 2.24) is 5.32 Å². The van der Waals surface area contributed by atoms with Crippen LogP contribution in [0.15, 0.2) is 24.3 Å². The Kier molecular flexibility index (Phi) is 4.30. The average molecular weight is 255 g/mol. The van der Waals surface area contributed by atoms with E-state index >= 15 is 0 Å². The quantitative estimate of drug-likeness (QED) is 0.891. The molecule has 1 aromatic carbocycles. The van der Waals surface area contributed by atoms with Crippen LogP contribution in [0.25, 0.3) is 0 Å². The van der Waals surface area contributed by atoms with E-state index in [0.29, 0.717) is 6.54 Å². The Hall–Kier alpha value is -1.00. The standard InChI is InChI=1S/C14H19F2NO/c1-14(5-7-18-8-6-14)17-10-11-3-2-4-12(9-11)13(15)16/h2-4,9,13,17H,5-8,10H2,1H3. The molecule has 0 radical (unpaired) electrons. The molecule has 0 spiro atoms. The van der Waals surface area contributed by atoms with Gasteiger partial charge in [-0.2, -0.15) is 0 Å². The first kappa shape index (κ1) is 13.4. The molecule has 1 fully saturated rings. The molecule has 0 unspecified atom stereocenters. The van der Waals surface area contributed by atoms with E-state index in [1.54, 1.807) is 12.1 Å². The monoisotopic (exact) mass is 255 g/mol. The SMILES string of the molecule is CC1(NCc2cccc(C(F)F)c2)CCOCC1. The maximum Gasteiger partial charge on any atom is 0.263 e. The number of rotatable bonds is 4. The summed E-state index contributed by atoms with van der Waals surface area (Å²) in [5, 5.41) is 3.46. The molecule has 1 N–H and O–H groups in total. The van der Waals surface area contributed by atoms with Gasteiger partial charge < -0.3 is 10.1 Å². The normalized spacial score (nSPS) is 19.1. The molecule has 1 aliphatic rings. The van der Waals surface area contributed by atoms with Crippen molar-refractivity contribution in [2.75, 3.05) is 13.2 Å². The van der Waals surface area contributed by atoms with Crippen molar-refractivity contribution in [3.63, 3.8) is 0 Å². The number of ether oxygens (including phenoxy) is 1. The summed E-state index contributed by atoms with van der Waals surface area (Å²) in [5.74, 6) is 0. The summed E-state index contributed by atoms with van der Waals surface area (Å²) in [6, 6.07) is 6.59. The first-order chi connectivity index (χ1) is 8.59. The second kappa shape index (κ2) is 5.76. The summed E-state index contributed by atoms with van der Waals surface area (Å²) in [7, 11) is 0. The second-order valence-corrected chi connectivity index (χ2v) is 5.07. The van der Waals surface area contributed by atoms with Gasteiger partial charge in [-0.1, -0.05) is 18.2 Å². The highest BCUT2D eigenvalue weighted by Gasteiger charge is 2.26. The van der Waals surface area contributed by atoms with Gasteiger partial charge in [-0.15, -0.1) is 0 Å². The van der Waals surface area contributed by atoms with E-state index in [1.165, 1.54) is 6.07 Å². The number of hydrogen-bond acceptors (Lipinski definition) is 2. The van der Waals surface area contributed by atoms with Gasteiger partial charge in [-0.25, -0.2) is 8.78 Å². The summed E-state index contributed by atoms with van der Waals surface area (Å²) in [4.78, 5) is 0. The van der Waals surface area contributed by atoms with Gasteiger partial charge >= 0.3 is 0 Å². The number of halogens is 2. The van der Waals surface area contributed by atoms with E-state index in [2.05, 4.69) is 12.2 Å². The molecule has 1 heterocycles. The molecule has 0 amide bonds. The van der Waals surface area contributed by atoms with E-state index < -0.39 is 6.43 Å². The van der Waals surface area contributed by atoms with E-state index in [-0.39, 0.29) is 11.1 Å². The van der Waals surface area contributed by atoms with Crippen LogP contribution in [0.2, 0.25) is 0 Å². The predicted molar refractivity (Wildman–Crippen MR) is 66.7 cm³/mol. The average Bonchev–Trinajstić information content (AvgIpc) is 2.38. The number of alkyl halides is 2. The van der Waals surface area contributed by atoms with Gasteiger partial charge in [-0.05, 0) is 31.4 Å². The van der Waals surface area contributed by atoms with Crippen molar-refractivity contribution >= 4 is 0 Å². The van der Waals surface area contributed by atoms with Crippen LogP contribution in [0, 0.1) is 0 Å². The smallest absolute Gasteiger partial charge is 0.263 e. The summed E-state index contributed by atoms with van der Waals surface area (Å²) >= 11 is 0. The van der Waals surface area contributed by atoms with E-state index in [0.717, 1.165) is 31.6 Å². The van der Waals surface area contributed by atoms with Gasteiger partial charge in [0.1, 0.15) is 0 Å². The molecule has 0 aliphatic carbocycles. The minimum absolute atomic E-state index is 0.0546. The van der Waals surface area contributed by atoms with Crippen molar-refractivity contribution in [3.05, 3.63) is 35.4 Å². The van der Waals surface area contributed by atoms with Crippen LogP contribution < -0.4 is 5.32 Å². The zero-order valence-electron chi connectivity index (χ0n) is 10.6. The molecule has 0 aromatic heterocycles. The zero-order chi connectivity index (χ0) is 13.0. The largest absolute Gasteiger partial charge is 0.381 e. The first-order valence-electron chi connectivity index (χ1n) is 6.29. The summed E-state index contributed by atoms with van der Waals surface area (Å²) < 4.78 is 30.5. The number of benzene rings is 1. The molecule has 1 saturated heterocycles. The van der Waals surface area contributed by atoms with Crippen LogP contribution in [0.1, 0.15) is 37.3 Å². The van der Waals surface area contributed by atoms with Gasteiger partial charge in [0.15, 0.2) is 0 Å². The molecule has 1 aromatic rings. The topological polar surface area (TPSA) is 21.3 Å². The minimum Gasteiger partial charge on any atom is -0.381 e. The fourth-order valence-corrected chi connectivity index (χ4v) is 2.15. The maximum atomic E-state index is 12.6. The lowest BCUT2D eigenvalue weighted by molar-refractivity contribution is 0.0446. The van der Waals surface area contributed by atoms with Crippen molar-refractivity contribution in [2.24, 2.45) is 0 Å². The van der Waals surface area contributed by atoms with Crippen LogP contribution >= 0.6 is 0 Å². The maximum absolute atomic E-state index is 12.6. The molecule has 0 atom stereocenters. The summed E-state index contributed by atoms with van der Waals surface area (Å²) in [5.41, 5.74) is 1.05. The van der Waals surface area contributed by atoms with Gasteiger partial charge in [0.2, 0.25) is 0 Å². The Morgan fingerprint density at radius 3 is 2.72 bits per heavy atom. The highest BCUT2D eigenvalue weighted by Crippen LogP contribution is 2.22. The van der Waals surface area contributed by atoms with Crippen LogP contribution in [0.4, 0.5) is 8.78 Å². The van der Waals surface area contributed by atoms with Crippen LogP contribution in [-0.4, -0.2) is 18.8 Å². The third-order valence-electron chi connectivity index (χ3n) is 3.52. The summed E-state index contributed by atoms with van der Waals surface area (Å²) in [6.45, 7) is 4.31. The Labute approximate surface area is 106 Å². The van der Waals surface area contributed by atoms with Gasteiger partial charge in [0, 0.05) is 30.9 Å². The molecule has 0 bridgehead atoms. The molecule has 2 rings (SSSR count). The van der Waals surface area contributed by atoms with Crippen LogP contribution in [-0.2, 0) is 11.3 Å². The lowest BCUT2D eigenvalue weighted by atomic mass is 9.92. The lowest BCUT2D eigenvalue weighted by Crippen LogP contribution is -2.46. The van der Waals surface area contributed by atoms with E-state index in [4.69, 9.17) is 4.74 Å². The van der Waals surface area contributed by atoms with E-state index in [9.17, 15) is 8.78 Å². The number of hydrogen-bond donors (Lipinski definition) is 1. The highest BCUT2D eigenvalue weighted by molar-refractivity contribution is 5.24. The fourth-order valence-electron chi connectivity index (χ4n) is 2.15. The summed E-state index contributed by atoms with van der Waals surface area (Å²) in [6.07, 6.45) is -0.480. The van der Waals surface area contributed by atoms with E-state index in [1.807, 2.05) is 6.07 Å². The Bertz CT molecular complexity index is 389. The molecular formula is C14H19F2NO. The molecular weight excluding hydrogens is 236 g/mol.